The van der Waals surface area contributed by atoms with E-state index in [2.05, 4.69) is 20.9 Å². The van der Waals surface area contributed by atoms with Gasteiger partial charge in [-0.1, -0.05) is 23.5 Å². The largest absolute Gasteiger partial charge is 0.496 e. The van der Waals surface area contributed by atoms with Gasteiger partial charge in [-0.3, -0.25) is 5.32 Å². The van der Waals surface area contributed by atoms with Crippen LogP contribution in [-0.2, 0) is 24.3 Å². The number of amides is 1. The maximum Gasteiger partial charge on any atom is 0.412 e. The summed E-state index contributed by atoms with van der Waals surface area (Å²) in [7, 11) is 1.64. The number of carbonyl (C=O) groups excluding carboxylic acids is 1. The molecule has 7 nitrogen and oxygen atoms in total. The number of anilines is 1. The van der Waals surface area contributed by atoms with E-state index in [4.69, 9.17) is 14.5 Å². The summed E-state index contributed by atoms with van der Waals surface area (Å²) in [6.07, 6.45) is 1.67. The van der Waals surface area contributed by atoms with E-state index >= 15 is 0 Å². The third-order valence-electron chi connectivity index (χ3n) is 5.64. The van der Waals surface area contributed by atoms with Crippen molar-refractivity contribution in [1.29, 1.82) is 0 Å². The molecule has 0 unspecified atom stereocenters. The van der Waals surface area contributed by atoms with Gasteiger partial charge in [-0.15, -0.1) is 0 Å². The van der Waals surface area contributed by atoms with Crippen LogP contribution in [0.5, 0.6) is 5.75 Å². The number of thiazole rings is 1. The Morgan fingerprint density at radius 3 is 2.91 bits per heavy atom. The molecule has 1 aliphatic rings. The van der Waals surface area contributed by atoms with Gasteiger partial charge in [-0.25, -0.2) is 14.8 Å². The monoisotopic (exact) mass is 448 g/mol. The maximum atomic E-state index is 12.4. The molecule has 5 rings (SSSR count). The standard InChI is InChI=1S/C24H24N4O3S/c1-14-6-8-17(20(11-14)30-3)23-25-15(2)22(32-23)27-24(29)31-13-16-7-9-19-18(12-16)26-21-5-4-10-28(19)21/h6-9,11-12H,4-5,10,13H2,1-3H3,(H,27,29). The van der Waals surface area contributed by atoms with E-state index in [0.717, 1.165) is 69.4 Å². The quantitative estimate of drug-likeness (QED) is 0.437. The Morgan fingerprint density at radius 1 is 1.19 bits per heavy atom. The number of benzene rings is 2. The summed E-state index contributed by atoms with van der Waals surface area (Å²) in [6, 6.07) is 12.0. The molecule has 0 radical (unpaired) electrons. The van der Waals surface area contributed by atoms with Crippen LogP contribution in [0.25, 0.3) is 21.6 Å². The number of methoxy groups -OCH3 is 1. The first kappa shape index (κ1) is 20.5. The zero-order valence-corrected chi connectivity index (χ0v) is 19.1. The lowest BCUT2D eigenvalue weighted by molar-refractivity contribution is 0.155. The Labute approximate surface area is 190 Å². The number of carbonyl (C=O) groups is 1. The first-order valence-electron chi connectivity index (χ1n) is 10.6. The van der Waals surface area contributed by atoms with Gasteiger partial charge in [-0.05, 0) is 55.7 Å². The molecule has 2 aromatic heterocycles. The van der Waals surface area contributed by atoms with Gasteiger partial charge >= 0.3 is 6.09 Å². The average Bonchev–Trinajstić information content (AvgIpc) is 3.47. The number of nitrogens with zero attached hydrogens (tertiary/aromatic N) is 3. The summed E-state index contributed by atoms with van der Waals surface area (Å²) in [5, 5.41) is 4.27. The molecule has 32 heavy (non-hydrogen) atoms. The molecular formula is C24H24N4O3S. The Morgan fingerprint density at radius 2 is 2.06 bits per heavy atom. The molecule has 1 N–H and O–H groups in total. The van der Waals surface area contributed by atoms with E-state index in [9.17, 15) is 4.79 Å². The number of ether oxygens (including phenoxy) is 2. The third-order valence-corrected chi connectivity index (χ3v) is 6.75. The lowest BCUT2D eigenvalue weighted by atomic mass is 10.1. The topological polar surface area (TPSA) is 78.3 Å². The molecule has 0 saturated carbocycles. The normalized spacial score (nSPS) is 12.7. The van der Waals surface area contributed by atoms with Crippen LogP contribution in [0.1, 0.15) is 29.1 Å². The minimum absolute atomic E-state index is 0.181. The van der Waals surface area contributed by atoms with Crippen LogP contribution < -0.4 is 10.1 Å². The Hall–Kier alpha value is -3.39. The molecule has 0 saturated heterocycles. The maximum absolute atomic E-state index is 12.4. The summed E-state index contributed by atoms with van der Waals surface area (Å²) < 4.78 is 13.2. The number of nitrogens with one attached hydrogen (secondary N) is 1. The number of aromatic nitrogens is 3. The van der Waals surface area contributed by atoms with E-state index in [1.165, 1.54) is 11.3 Å². The van der Waals surface area contributed by atoms with E-state index in [0.29, 0.717) is 5.00 Å². The Bertz CT molecular complexity index is 1320. The number of rotatable bonds is 5. The summed E-state index contributed by atoms with van der Waals surface area (Å²) in [5.74, 6) is 1.89. The Kier molecular flexibility index (Phi) is 5.30. The van der Waals surface area contributed by atoms with Crippen molar-refractivity contribution >= 4 is 33.5 Å². The summed E-state index contributed by atoms with van der Waals surface area (Å²) >= 11 is 1.40. The molecule has 164 valence electrons. The van der Waals surface area contributed by atoms with Gasteiger partial charge in [0, 0.05) is 13.0 Å². The van der Waals surface area contributed by atoms with Crippen LogP contribution in [0, 0.1) is 13.8 Å². The number of hydrogen-bond acceptors (Lipinski definition) is 6. The van der Waals surface area contributed by atoms with Gasteiger partial charge in [-0.2, -0.15) is 0 Å². The summed E-state index contributed by atoms with van der Waals surface area (Å²) in [6.45, 7) is 5.08. The molecule has 1 amide bonds. The highest BCUT2D eigenvalue weighted by Crippen LogP contribution is 2.37. The van der Waals surface area contributed by atoms with Crippen LogP contribution in [0.2, 0.25) is 0 Å². The minimum atomic E-state index is -0.508. The number of aryl methyl sites for hydroxylation is 4. The summed E-state index contributed by atoms with van der Waals surface area (Å²) in [4.78, 5) is 21.7. The molecule has 0 aliphatic carbocycles. The number of hydrogen-bond donors (Lipinski definition) is 1. The Balaban J connectivity index is 1.26. The van der Waals surface area contributed by atoms with Gasteiger partial charge in [0.1, 0.15) is 28.2 Å². The molecular weight excluding hydrogens is 424 g/mol. The van der Waals surface area contributed by atoms with E-state index in [1.54, 1.807) is 7.11 Å². The van der Waals surface area contributed by atoms with Crippen LogP contribution in [0.4, 0.5) is 9.80 Å². The smallest absolute Gasteiger partial charge is 0.412 e. The predicted molar refractivity (Wildman–Crippen MR) is 125 cm³/mol. The SMILES string of the molecule is COc1cc(C)ccc1-c1nc(C)c(NC(=O)OCc2ccc3c(c2)nc2n3CCC2)s1. The zero-order valence-electron chi connectivity index (χ0n) is 18.3. The molecule has 0 fully saturated rings. The fraction of sp³-hybridized carbons (Fsp3) is 0.292. The van der Waals surface area contributed by atoms with Gasteiger partial charge in [0.15, 0.2) is 0 Å². The zero-order chi connectivity index (χ0) is 22.2. The lowest BCUT2D eigenvalue weighted by Crippen LogP contribution is -2.13. The van der Waals surface area contributed by atoms with Crippen molar-refractivity contribution in [3.05, 3.63) is 59.0 Å². The van der Waals surface area contributed by atoms with Crippen molar-refractivity contribution in [2.45, 2.75) is 39.8 Å². The molecule has 0 spiro atoms. The van der Waals surface area contributed by atoms with E-state index < -0.39 is 6.09 Å². The van der Waals surface area contributed by atoms with Crippen LogP contribution in [0.3, 0.4) is 0 Å². The molecule has 2 aromatic carbocycles. The second-order valence-electron chi connectivity index (χ2n) is 7.94. The van der Waals surface area contributed by atoms with Crippen molar-refractivity contribution in [3.8, 4) is 16.3 Å². The van der Waals surface area contributed by atoms with Crippen LogP contribution >= 0.6 is 11.3 Å². The molecule has 3 heterocycles. The highest BCUT2D eigenvalue weighted by molar-refractivity contribution is 7.19. The van der Waals surface area contributed by atoms with Crippen LogP contribution in [0.15, 0.2) is 36.4 Å². The first-order valence-corrected chi connectivity index (χ1v) is 11.4. The van der Waals surface area contributed by atoms with Crippen molar-refractivity contribution in [2.24, 2.45) is 0 Å². The molecule has 0 atom stereocenters. The van der Waals surface area contributed by atoms with Gasteiger partial charge in [0.2, 0.25) is 0 Å². The summed E-state index contributed by atoms with van der Waals surface area (Å²) in [5.41, 5.74) is 5.75. The first-order chi connectivity index (χ1) is 15.5. The van der Waals surface area contributed by atoms with Crippen molar-refractivity contribution in [2.75, 3.05) is 12.4 Å². The highest BCUT2D eigenvalue weighted by atomic mass is 32.1. The molecule has 8 heteroatoms. The second-order valence-corrected chi connectivity index (χ2v) is 8.94. The van der Waals surface area contributed by atoms with Crippen molar-refractivity contribution in [3.63, 3.8) is 0 Å². The van der Waals surface area contributed by atoms with Crippen LogP contribution in [-0.4, -0.2) is 27.7 Å². The van der Waals surface area contributed by atoms with Crippen molar-refractivity contribution < 1.29 is 14.3 Å². The van der Waals surface area contributed by atoms with E-state index in [-0.39, 0.29) is 6.61 Å². The molecule has 0 bridgehead atoms. The lowest BCUT2D eigenvalue weighted by Gasteiger charge is -2.07. The second kappa shape index (κ2) is 8.27. The van der Waals surface area contributed by atoms with E-state index in [1.807, 2.05) is 44.2 Å². The molecule has 4 aromatic rings. The fourth-order valence-electron chi connectivity index (χ4n) is 4.03. The van der Waals surface area contributed by atoms with Gasteiger partial charge in [0.05, 0.1) is 29.4 Å². The van der Waals surface area contributed by atoms with Gasteiger partial charge in [0.25, 0.3) is 0 Å². The average molecular weight is 449 g/mol. The fourth-order valence-corrected chi connectivity index (χ4v) is 5.01. The highest BCUT2D eigenvalue weighted by Gasteiger charge is 2.18. The minimum Gasteiger partial charge on any atom is -0.496 e. The van der Waals surface area contributed by atoms with Gasteiger partial charge < -0.3 is 14.0 Å². The van der Waals surface area contributed by atoms with Crippen molar-refractivity contribution in [1.82, 2.24) is 14.5 Å². The number of imidazole rings is 1. The predicted octanol–water partition coefficient (Wildman–Crippen LogP) is 5.48. The third kappa shape index (κ3) is 3.82. The molecule has 1 aliphatic heterocycles. The number of fused-ring (bicyclic) bond motifs is 3.